The van der Waals surface area contributed by atoms with Crippen molar-refractivity contribution in [2.75, 3.05) is 21.5 Å². The molecular formula is C24H22FN3O4S. The lowest BCUT2D eigenvalue weighted by Crippen LogP contribution is -2.28. The van der Waals surface area contributed by atoms with Crippen molar-refractivity contribution < 1.29 is 22.4 Å². The van der Waals surface area contributed by atoms with Crippen molar-refractivity contribution >= 4 is 38.9 Å². The number of hydrogen-bond acceptors (Lipinski definition) is 4. The van der Waals surface area contributed by atoms with E-state index in [9.17, 15) is 22.4 Å². The SMILES string of the molecule is Cc1ccc(N2C[C@H](C(=O)Nc3ccc(NS(=O)(=O)c4ccc(F)cc4)cc3)CC2=O)cc1. The maximum atomic E-state index is 13.0. The smallest absolute Gasteiger partial charge is 0.261 e. The molecular weight excluding hydrogens is 445 g/mol. The van der Waals surface area contributed by atoms with Gasteiger partial charge in [0.25, 0.3) is 10.0 Å². The van der Waals surface area contributed by atoms with E-state index in [0.29, 0.717) is 17.9 Å². The lowest BCUT2D eigenvalue weighted by Gasteiger charge is -2.17. The van der Waals surface area contributed by atoms with E-state index in [-0.39, 0.29) is 23.1 Å². The van der Waals surface area contributed by atoms with E-state index >= 15 is 0 Å². The molecule has 33 heavy (non-hydrogen) atoms. The van der Waals surface area contributed by atoms with Crippen LogP contribution in [0.2, 0.25) is 0 Å². The van der Waals surface area contributed by atoms with Gasteiger partial charge < -0.3 is 10.2 Å². The maximum absolute atomic E-state index is 13.0. The average molecular weight is 468 g/mol. The number of carbonyl (C=O) groups excluding carboxylic acids is 2. The van der Waals surface area contributed by atoms with Gasteiger partial charge in [-0.05, 0) is 67.6 Å². The Balaban J connectivity index is 1.38. The minimum Gasteiger partial charge on any atom is -0.326 e. The van der Waals surface area contributed by atoms with Crippen LogP contribution >= 0.6 is 0 Å². The van der Waals surface area contributed by atoms with Crippen molar-refractivity contribution in [2.45, 2.75) is 18.2 Å². The molecule has 0 aromatic heterocycles. The fraction of sp³-hybridized carbons (Fsp3) is 0.167. The molecule has 2 N–H and O–H groups in total. The second-order valence-corrected chi connectivity index (χ2v) is 9.55. The first kappa shape index (κ1) is 22.5. The highest BCUT2D eigenvalue weighted by atomic mass is 32.2. The monoisotopic (exact) mass is 467 g/mol. The summed E-state index contributed by atoms with van der Waals surface area (Å²) in [6, 6.07) is 18.2. The molecule has 2 amide bonds. The summed E-state index contributed by atoms with van der Waals surface area (Å²) in [5, 5.41) is 2.78. The molecule has 0 saturated carbocycles. The van der Waals surface area contributed by atoms with Gasteiger partial charge in [-0.15, -0.1) is 0 Å². The fourth-order valence-corrected chi connectivity index (χ4v) is 4.61. The van der Waals surface area contributed by atoms with E-state index < -0.39 is 21.8 Å². The van der Waals surface area contributed by atoms with Crippen molar-refractivity contribution in [3.63, 3.8) is 0 Å². The first-order chi connectivity index (χ1) is 15.7. The predicted octanol–water partition coefficient (Wildman–Crippen LogP) is 3.93. The van der Waals surface area contributed by atoms with Crippen molar-refractivity contribution in [1.29, 1.82) is 0 Å². The van der Waals surface area contributed by atoms with Crippen LogP contribution in [0.1, 0.15) is 12.0 Å². The Morgan fingerprint density at radius 1 is 0.939 bits per heavy atom. The Bertz CT molecular complexity index is 1270. The highest BCUT2D eigenvalue weighted by Gasteiger charge is 2.35. The first-order valence-electron chi connectivity index (χ1n) is 10.3. The number of hydrogen-bond donors (Lipinski definition) is 2. The van der Waals surface area contributed by atoms with Gasteiger partial charge in [0.2, 0.25) is 11.8 Å². The number of benzene rings is 3. The molecule has 1 aliphatic heterocycles. The highest BCUT2D eigenvalue weighted by Crippen LogP contribution is 2.27. The van der Waals surface area contributed by atoms with E-state index in [2.05, 4.69) is 10.0 Å². The summed E-state index contributed by atoms with van der Waals surface area (Å²) in [5.41, 5.74) is 2.62. The Morgan fingerprint density at radius 3 is 2.18 bits per heavy atom. The Labute approximate surface area is 191 Å². The van der Waals surface area contributed by atoms with Crippen LogP contribution in [0.3, 0.4) is 0 Å². The van der Waals surface area contributed by atoms with Crippen LogP contribution in [0, 0.1) is 18.7 Å². The van der Waals surface area contributed by atoms with Gasteiger partial charge >= 0.3 is 0 Å². The lowest BCUT2D eigenvalue weighted by atomic mass is 10.1. The average Bonchev–Trinajstić information content (AvgIpc) is 3.17. The van der Waals surface area contributed by atoms with Crippen LogP contribution in [-0.2, 0) is 19.6 Å². The quantitative estimate of drug-likeness (QED) is 0.574. The van der Waals surface area contributed by atoms with Gasteiger partial charge in [-0.1, -0.05) is 17.7 Å². The second-order valence-electron chi connectivity index (χ2n) is 7.87. The minimum absolute atomic E-state index is 0.0645. The highest BCUT2D eigenvalue weighted by molar-refractivity contribution is 7.92. The van der Waals surface area contributed by atoms with Crippen LogP contribution < -0.4 is 14.9 Å². The summed E-state index contributed by atoms with van der Waals surface area (Å²) < 4.78 is 40.3. The standard InChI is InChI=1S/C24H22FN3O4S/c1-16-2-10-21(11-3-16)28-15-17(14-23(28)29)24(30)26-19-6-8-20(9-7-19)27-33(31,32)22-12-4-18(25)5-13-22/h2-13,17,27H,14-15H2,1H3,(H,26,30)/t17-/m1/s1. The molecule has 1 heterocycles. The Hall–Kier alpha value is -3.72. The third kappa shape index (κ3) is 5.20. The third-order valence-corrected chi connectivity index (χ3v) is 6.77. The second kappa shape index (κ2) is 9.03. The lowest BCUT2D eigenvalue weighted by molar-refractivity contribution is -0.122. The largest absolute Gasteiger partial charge is 0.326 e. The van der Waals surface area contributed by atoms with E-state index in [0.717, 1.165) is 23.4 Å². The van der Waals surface area contributed by atoms with Crippen molar-refractivity contribution in [1.82, 2.24) is 0 Å². The molecule has 7 nitrogen and oxygen atoms in total. The maximum Gasteiger partial charge on any atom is 0.261 e. The number of rotatable bonds is 6. The van der Waals surface area contributed by atoms with E-state index in [1.54, 1.807) is 17.0 Å². The zero-order valence-electron chi connectivity index (χ0n) is 17.8. The summed E-state index contributed by atoms with van der Waals surface area (Å²) in [5.74, 6) is -1.40. The fourth-order valence-electron chi connectivity index (χ4n) is 3.55. The molecule has 0 bridgehead atoms. The summed E-state index contributed by atoms with van der Waals surface area (Å²) >= 11 is 0. The van der Waals surface area contributed by atoms with Gasteiger partial charge in [0.15, 0.2) is 0 Å². The van der Waals surface area contributed by atoms with Gasteiger partial charge in [-0.25, -0.2) is 12.8 Å². The number of halogens is 1. The van der Waals surface area contributed by atoms with Gasteiger partial charge in [-0.3, -0.25) is 14.3 Å². The van der Waals surface area contributed by atoms with Gasteiger partial charge in [0.1, 0.15) is 5.82 Å². The molecule has 0 radical (unpaired) electrons. The predicted molar refractivity (Wildman–Crippen MR) is 124 cm³/mol. The zero-order chi connectivity index (χ0) is 23.6. The van der Waals surface area contributed by atoms with E-state index in [4.69, 9.17) is 0 Å². The molecule has 9 heteroatoms. The van der Waals surface area contributed by atoms with Gasteiger partial charge in [0, 0.05) is 30.0 Å². The summed E-state index contributed by atoms with van der Waals surface area (Å²) in [7, 11) is -3.87. The van der Waals surface area contributed by atoms with Crippen LogP contribution in [0.4, 0.5) is 21.5 Å². The number of aryl methyl sites for hydroxylation is 1. The topological polar surface area (TPSA) is 95.6 Å². The normalized spacial score (nSPS) is 16.0. The molecule has 1 atom stereocenters. The number of nitrogens with zero attached hydrogens (tertiary/aromatic N) is 1. The molecule has 0 aliphatic carbocycles. The van der Waals surface area contributed by atoms with Crippen LogP contribution in [-0.4, -0.2) is 26.8 Å². The molecule has 170 valence electrons. The third-order valence-electron chi connectivity index (χ3n) is 5.37. The Morgan fingerprint density at radius 2 is 1.55 bits per heavy atom. The van der Waals surface area contributed by atoms with E-state index in [1.165, 1.54) is 24.3 Å². The molecule has 0 spiro atoms. The minimum atomic E-state index is -3.87. The summed E-state index contributed by atoms with van der Waals surface area (Å²) in [6.45, 7) is 2.26. The number of sulfonamides is 1. The molecule has 0 unspecified atom stereocenters. The van der Waals surface area contributed by atoms with E-state index in [1.807, 2.05) is 31.2 Å². The van der Waals surface area contributed by atoms with Crippen LogP contribution in [0.5, 0.6) is 0 Å². The molecule has 3 aromatic rings. The molecule has 1 saturated heterocycles. The van der Waals surface area contributed by atoms with Crippen molar-refractivity contribution in [3.05, 3.63) is 84.2 Å². The van der Waals surface area contributed by atoms with Crippen molar-refractivity contribution in [3.8, 4) is 0 Å². The molecule has 4 rings (SSSR count). The molecule has 1 aliphatic rings. The van der Waals surface area contributed by atoms with Crippen LogP contribution in [0.25, 0.3) is 0 Å². The van der Waals surface area contributed by atoms with Crippen LogP contribution in [0.15, 0.2) is 77.7 Å². The summed E-state index contributed by atoms with van der Waals surface area (Å²) in [4.78, 5) is 26.6. The first-order valence-corrected chi connectivity index (χ1v) is 11.8. The van der Waals surface area contributed by atoms with Crippen molar-refractivity contribution in [2.24, 2.45) is 5.92 Å². The van der Waals surface area contributed by atoms with Gasteiger partial charge in [0.05, 0.1) is 10.8 Å². The number of carbonyl (C=O) groups is 2. The number of anilines is 3. The summed E-state index contributed by atoms with van der Waals surface area (Å²) in [6.07, 6.45) is 0.120. The zero-order valence-corrected chi connectivity index (χ0v) is 18.6. The molecule has 3 aromatic carbocycles. The number of nitrogens with one attached hydrogen (secondary N) is 2. The Kier molecular flexibility index (Phi) is 6.15. The molecule has 1 fully saturated rings. The number of amides is 2. The van der Waals surface area contributed by atoms with Gasteiger partial charge in [-0.2, -0.15) is 0 Å².